The minimum atomic E-state index is -0.0718. The van der Waals surface area contributed by atoms with E-state index in [1.54, 1.807) is 0 Å². The highest BCUT2D eigenvalue weighted by atomic mass is 16.5. The molecule has 2 fully saturated rings. The maximum atomic E-state index is 12.8. The lowest BCUT2D eigenvalue weighted by molar-refractivity contribution is -0.123. The Hall–Kier alpha value is -1.59. The summed E-state index contributed by atoms with van der Waals surface area (Å²) in [7, 11) is 2.16. The quantitative estimate of drug-likeness (QED) is 0.903. The van der Waals surface area contributed by atoms with E-state index in [1.807, 2.05) is 12.1 Å². The van der Waals surface area contributed by atoms with Crippen LogP contribution in [0.3, 0.4) is 0 Å². The SMILES string of the molecule is CN1CCCN(CC(=O)N[C@H]2CC3(CCCC3)Oc3ccccc32)CC1. The number of para-hydroxylation sites is 1. The second-order valence-electron chi connectivity index (χ2n) is 8.29. The zero-order valence-electron chi connectivity index (χ0n) is 15.9. The third kappa shape index (κ3) is 3.89. The molecule has 1 aliphatic carbocycles. The van der Waals surface area contributed by atoms with Gasteiger partial charge in [-0.3, -0.25) is 9.69 Å². The van der Waals surface area contributed by atoms with Gasteiger partial charge in [-0.15, -0.1) is 0 Å². The number of rotatable bonds is 3. The Bertz CT molecular complexity index is 642. The number of nitrogens with one attached hydrogen (secondary N) is 1. The second-order valence-corrected chi connectivity index (χ2v) is 8.29. The number of hydrogen-bond acceptors (Lipinski definition) is 4. The van der Waals surface area contributed by atoms with Crippen LogP contribution >= 0.6 is 0 Å². The van der Waals surface area contributed by atoms with E-state index >= 15 is 0 Å². The highest BCUT2D eigenvalue weighted by Gasteiger charge is 2.43. The van der Waals surface area contributed by atoms with Crippen molar-refractivity contribution in [1.29, 1.82) is 0 Å². The van der Waals surface area contributed by atoms with Crippen molar-refractivity contribution in [3.05, 3.63) is 29.8 Å². The van der Waals surface area contributed by atoms with Gasteiger partial charge in [0.15, 0.2) is 0 Å². The number of hydrogen-bond donors (Lipinski definition) is 1. The average Bonchev–Trinajstić information content (AvgIpc) is 2.96. The Morgan fingerprint density at radius 2 is 1.96 bits per heavy atom. The molecule has 142 valence electrons. The summed E-state index contributed by atoms with van der Waals surface area (Å²) in [6.07, 6.45) is 6.69. The second kappa shape index (κ2) is 7.57. The van der Waals surface area contributed by atoms with Crippen LogP contribution in [-0.4, -0.2) is 61.1 Å². The van der Waals surface area contributed by atoms with E-state index in [1.165, 1.54) is 12.8 Å². The molecule has 4 rings (SSSR count). The van der Waals surface area contributed by atoms with Crippen molar-refractivity contribution in [2.45, 2.75) is 50.2 Å². The van der Waals surface area contributed by atoms with Gasteiger partial charge in [0.05, 0.1) is 12.6 Å². The molecule has 2 aliphatic heterocycles. The number of benzene rings is 1. The maximum absolute atomic E-state index is 12.8. The zero-order chi connectivity index (χ0) is 18.0. The lowest BCUT2D eigenvalue weighted by Crippen LogP contribution is -2.46. The minimum Gasteiger partial charge on any atom is -0.487 e. The number of carbonyl (C=O) groups is 1. The molecular weight excluding hydrogens is 326 g/mol. The molecule has 5 nitrogen and oxygen atoms in total. The molecule has 3 aliphatic rings. The summed E-state index contributed by atoms with van der Waals surface area (Å²) in [5, 5.41) is 3.33. The van der Waals surface area contributed by atoms with Gasteiger partial charge < -0.3 is 15.0 Å². The van der Waals surface area contributed by atoms with Crippen LogP contribution in [0.2, 0.25) is 0 Å². The summed E-state index contributed by atoms with van der Waals surface area (Å²) in [6, 6.07) is 8.29. The normalized spacial score (nSPS) is 26.1. The predicted octanol–water partition coefficient (Wildman–Crippen LogP) is 2.58. The predicted molar refractivity (Wildman–Crippen MR) is 102 cm³/mol. The molecule has 5 heteroatoms. The van der Waals surface area contributed by atoms with Gasteiger partial charge >= 0.3 is 0 Å². The van der Waals surface area contributed by atoms with Gasteiger partial charge in [0.25, 0.3) is 0 Å². The number of ether oxygens (including phenoxy) is 1. The van der Waals surface area contributed by atoms with E-state index in [2.05, 4.69) is 34.3 Å². The Morgan fingerprint density at radius 3 is 2.81 bits per heavy atom. The van der Waals surface area contributed by atoms with Crippen LogP contribution in [0.4, 0.5) is 0 Å². The molecule has 1 spiro atoms. The Labute approximate surface area is 156 Å². The Balaban J connectivity index is 1.43. The molecule has 1 amide bonds. The summed E-state index contributed by atoms with van der Waals surface area (Å²) >= 11 is 0. The molecule has 1 aromatic carbocycles. The topological polar surface area (TPSA) is 44.8 Å². The maximum Gasteiger partial charge on any atom is 0.234 e. The summed E-state index contributed by atoms with van der Waals surface area (Å²) < 4.78 is 6.40. The standard InChI is InChI=1S/C21H31N3O2/c1-23-11-6-12-24(14-13-23)16-20(25)22-18-15-21(9-4-5-10-21)26-19-8-3-2-7-17(18)19/h2-3,7-8,18H,4-6,9-16H2,1H3,(H,22,25)/t18-/m0/s1. The first-order valence-corrected chi connectivity index (χ1v) is 10.1. The number of likely N-dealkylation sites (N-methyl/N-ethyl adjacent to an activating group) is 1. The summed E-state index contributed by atoms with van der Waals surface area (Å²) in [5.74, 6) is 1.10. The van der Waals surface area contributed by atoms with Crippen molar-refractivity contribution in [3.63, 3.8) is 0 Å². The highest BCUT2D eigenvalue weighted by molar-refractivity contribution is 5.78. The van der Waals surface area contributed by atoms with E-state index in [0.29, 0.717) is 6.54 Å². The van der Waals surface area contributed by atoms with Gasteiger partial charge in [-0.1, -0.05) is 18.2 Å². The van der Waals surface area contributed by atoms with Crippen molar-refractivity contribution in [3.8, 4) is 5.75 Å². The van der Waals surface area contributed by atoms with Crippen molar-refractivity contribution < 1.29 is 9.53 Å². The van der Waals surface area contributed by atoms with Crippen LogP contribution < -0.4 is 10.1 Å². The van der Waals surface area contributed by atoms with Crippen molar-refractivity contribution in [1.82, 2.24) is 15.1 Å². The zero-order valence-corrected chi connectivity index (χ0v) is 15.9. The number of fused-ring (bicyclic) bond motifs is 1. The molecule has 1 aromatic rings. The molecule has 2 heterocycles. The fraction of sp³-hybridized carbons (Fsp3) is 0.667. The van der Waals surface area contributed by atoms with Crippen LogP contribution in [0.25, 0.3) is 0 Å². The molecule has 1 atom stereocenters. The molecule has 1 saturated carbocycles. The fourth-order valence-electron chi connectivity index (χ4n) is 4.77. The Kier molecular flexibility index (Phi) is 5.18. The molecule has 0 aromatic heterocycles. The van der Waals surface area contributed by atoms with E-state index in [0.717, 1.165) is 63.2 Å². The molecule has 0 unspecified atom stereocenters. The summed E-state index contributed by atoms with van der Waals surface area (Å²) in [6.45, 7) is 4.63. The van der Waals surface area contributed by atoms with E-state index < -0.39 is 0 Å². The molecule has 0 radical (unpaired) electrons. The van der Waals surface area contributed by atoms with Crippen LogP contribution in [0, 0.1) is 0 Å². The highest BCUT2D eigenvalue weighted by Crippen LogP contribution is 2.46. The average molecular weight is 357 g/mol. The third-order valence-corrected chi connectivity index (χ3v) is 6.23. The van der Waals surface area contributed by atoms with Crippen LogP contribution in [0.1, 0.15) is 50.1 Å². The first-order valence-electron chi connectivity index (χ1n) is 10.1. The number of carbonyl (C=O) groups excluding carboxylic acids is 1. The van der Waals surface area contributed by atoms with Crippen molar-refractivity contribution in [2.24, 2.45) is 0 Å². The molecule has 1 saturated heterocycles. The van der Waals surface area contributed by atoms with Crippen molar-refractivity contribution in [2.75, 3.05) is 39.8 Å². The van der Waals surface area contributed by atoms with Gasteiger partial charge in [0.1, 0.15) is 11.4 Å². The third-order valence-electron chi connectivity index (χ3n) is 6.23. The minimum absolute atomic E-state index is 0.0696. The molecule has 1 N–H and O–H groups in total. The van der Waals surface area contributed by atoms with Gasteiger partial charge in [-0.05, 0) is 58.3 Å². The molecule has 26 heavy (non-hydrogen) atoms. The van der Waals surface area contributed by atoms with Crippen LogP contribution in [0.15, 0.2) is 24.3 Å². The smallest absolute Gasteiger partial charge is 0.234 e. The molecular formula is C21H31N3O2. The van der Waals surface area contributed by atoms with Gasteiger partial charge in [-0.25, -0.2) is 0 Å². The fourth-order valence-corrected chi connectivity index (χ4v) is 4.77. The molecule has 0 bridgehead atoms. The van der Waals surface area contributed by atoms with E-state index in [9.17, 15) is 4.79 Å². The van der Waals surface area contributed by atoms with Crippen LogP contribution in [-0.2, 0) is 4.79 Å². The lowest BCUT2D eigenvalue weighted by atomic mass is 9.86. The van der Waals surface area contributed by atoms with E-state index in [-0.39, 0.29) is 17.6 Å². The van der Waals surface area contributed by atoms with Gasteiger partial charge in [-0.2, -0.15) is 0 Å². The summed E-state index contributed by atoms with van der Waals surface area (Å²) in [5.41, 5.74) is 1.06. The lowest BCUT2D eigenvalue weighted by Gasteiger charge is -2.40. The summed E-state index contributed by atoms with van der Waals surface area (Å²) in [4.78, 5) is 17.4. The first-order chi connectivity index (χ1) is 12.6. The van der Waals surface area contributed by atoms with Gasteiger partial charge in [0, 0.05) is 25.1 Å². The number of nitrogens with zero attached hydrogens (tertiary/aromatic N) is 2. The van der Waals surface area contributed by atoms with Crippen molar-refractivity contribution >= 4 is 5.91 Å². The largest absolute Gasteiger partial charge is 0.487 e. The Morgan fingerprint density at radius 1 is 1.15 bits per heavy atom. The van der Waals surface area contributed by atoms with Crippen LogP contribution in [0.5, 0.6) is 5.75 Å². The first kappa shape index (κ1) is 17.8. The van der Waals surface area contributed by atoms with Gasteiger partial charge in [0.2, 0.25) is 5.91 Å². The van der Waals surface area contributed by atoms with E-state index in [4.69, 9.17) is 4.74 Å². The number of amides is 1. The monoisotopic (exact) mass is 357 g/mol.